The lowest BCUT2D eigenvalue weighted by Crippen LogP contribution is -2.40. The summed E-state index contributed by atoms with van der Waals surface area (Å²) in [6.07, 6.45) is 3.34. The van der Waals surface area contributed by atoms with Crippen molar-refractivity contribution in [3.8, 4) is 0 Å². The van der Waals surface area contributed by atoms with E-state index in [4.69, 9.17) is 0 Å². The molecule has 2 unspecified atom stereocenters. The van der Waals surface area contributed by atoms with Crippen molar-refractivity contribution >= 4 is 23.8 Å². The van der Waals surface area contributed by atoms with Gasteiger partial charge in [-0.3, -0.25) is 19.2 Å². The van der Waals surface area contributed by atoms with Crippen LogP contribution in [0.3, 0.4) is 0 Å². The third-order valence-electron chi connectivity index (χ3n) is 3.72. The molecule has 0 saturated heterocycles. The van der Waals surface area contributed by atoms with Gasteiger partial charge >= 0.3 is 11.9 Å². The molecule has 0 radical (unpaired) electrons. The monoisotopic (exact) mass is 368 g/mol. The molecule has 0 aliphatic carbocycles. The van der Waals surface area contributed by atoms with E-state index in [1.165, 1.54) is 0 Å². The Hall–Kier alpha value is -2.64. The topological polar surface area (TPSA) is 111 Å². The van der Waals surface area contributed by atoms with E-state index >= 15 is 0 Å². The Morgan fingerprint density at radius 2 is 1.15 bits per heavy atom. The summed E-state index contributed by atoms with van der Waals surface area (Å²) in [7, 11) is 0. The minimum absolute atomic E-state index is 0.172. The van der Waals surface area contributed by atoms with Crippen molar-refractivity contribution in [2.45, 2.75) is 39.5 Å². The molecule has 2 amide bonds. The van der Waals surface area contributed by atoms with Crippen LogP contribution in [0.5, 0.6) is 0 Å². The van der Waals surface area contributed by atoms with Gasteiger partial charge in [-0.2, -0.15) is 0 Å². The zero-order valence-electron chi connectivity index (χ0n) is 15.4. The van der Waals surface area contributed by atoms with Gasteiger partial charge in [0.25, 0.3) is 0 Å². The molecule has 2 N–H and O–H groups in total. The fourth-order valence-corrected chi connectivity index (χ4v) is 1.97. The average molecular weight is 368 g/mol. The van der Waals surface area contributed by atoms with E-state index < -0.39 is 23.8 Å². The van der Waals surface area contributed by atoms with E-state index in [-0.39, 0.29) is 24.7 Å². The van der Waals surface area contributed by atoms with E-state index in [0.717, 1.165) is 12.5 Å². The maximum atomic E-state index is 12.1. The molecular formula is C18H28N2O6. The normalized spacial score (nSPS) is 12.2. The van der Waals surface area contributed by atoms with Crippen LogP contribution in [-0.4, -0.2) is 36.8 Å². The number of hydrogen-bond donors (Lipinski definition) is 2. The summed E-state index contributed by atoms with van der Waals surface area (Å²) < 4.78 is 9.13. The predicted molar refractivity (Wildman–Crippen MR) is 95.4 cm³/mol. The van der Waals surface area contributed by atoms with Crippen molar-refractivity contribution in [3.63, 3.8) is 0 Å². The fraction of sp³-hybridized carbons (Fsp3) is 0.556. The van der Waals surface area contributed by atoms with Gasteiger partial charge in [-0.25, -0.2) is 0 Å². The zero-order valence-corrected chi connectivity index (χ0v) is 15.4. The lowest BCUT2D eigenvalue weighted by molar-refractivity contribution is -0.139. The third kappa shape index (κ3) is 10.3. The number of rotatable bonds is 13. The van der Waals surface area contributed by atoms with E-state index in [1.54, 1.807) is 13.8 Å². The van der Waals surface area contributed by atoms with Crippen molar-refractivity contribution < 1.29 is 28.7 Å². The van der Waals surface area contributed by atoms with E-state index in [2.05, 4.69) is 33.3 Å². The van der Waals surface area contributed by atoms with Crippen LogP contribution in [-0.2, 0) is 28.7 Å². The molecule has 0 spiro atoms. The summed E-state index contributed by atoms with van der Waals surface area (Å²) in [6, 6.07) is 0. The van der Waals surface area contributed by atoms with Crippen LogP contribution in [0.4, 0.5) is 0 Å². The molecule has 0 aliphatic rings. The van der Waals surface area contributed by atoms with Gasteiger partial charge in [-0.1, -0.05) is 27.0 Å². The molecule has 0 aromatic carbocycles. The van der Waals surface area contributed by atoms with Gasteiger partial charge in [0.15, 0.2) is 0 Å². The highest BCUT2D eigenvalue weighted by Crippen LogP contribution is 2.11. The van der Waals surface area contributed by atoms with Crippen molar-refractivity contribution in [3.05, 3.63) is 25.7 Å². The largest absolute Gasteiger partial charge is 0.435 e. The summed E-state index contributed by atoms with van der Waals surface area (Å²) in [5.74, 6) is -2.40. The van der Waals surface area contributed by atoms with E-state index in [0.29, 0.717) is 25.9 Å². The smallest absolute Gasteiger partial charge is 0.310 e. The van der Waals surface area contributed by atoms with Crippen LogP contribution in [0.1, 0.15) is 39.5 Å². The molecule has 146 valence electrons. The Morgan fingerprint density at radius 1 is 0.808 bits per heavy atom. The van der Waals surface area contributed by atoms with Gasteiger partial charge in [0.05, 0.1) is 12.5 Å². The molecular weight excluding hydrogens is 340 g/mol. The number of esters is 2. The maximum Gasteiger partial charge on any atom is 0.310 e. The van der Waals surface area contributed by atoms with Crippen molar-refractivity contribution in [2.75, 3.05) is 13.1 Å². The van der Waals surface area contributed by atoms with Gasteiger partial charge in [-0.15, -0.1) is 0 Å². The zero-order chi connectivity index (χ0) is 19.9. The molecule has 0 bridgehead atoms. The summed E-state index contributed by atoms with van der Waals surface area (Å²) in [4.78, 5) is 46.4. The first-order valence-electron chi connectivity index (χ1n) is 8.49. The van der Waals surface area contributed by atoms with Gasteiger partial charge in [0.2, 0.25) is 11.8 Å². The van der Waals surface area contributed by atoms with E-state index in [1.807, 2.05) is 0 Å². The van der Waals surface area contributed by atoms with Crippen molar-refractivity contribution in [1.82, 2.24) is 10.6 Å². The van der Waals surface area contributed by atoms with Crippen molar-refractivity contribution in [2.24, 2.45) is 11.8 Å². The Morgan fingerprint density at radius 3 is 1.46 bits per heavy atom. The first kappa shape index (κ1) is 23.4. The highest BCUT2D eigenvalue weighted by molar-refractivity contribution is 5.87. The molecule has 0 heterocycles. The van der Waals surface area contributed by atoms with Crippen molar-refractivity contribution in [1.29, 1.82) is 0 Å². The molecule has 26 heavy (non-hydrogen) atoms. The lowest BCUT2D eigenvalue weighted by Gasteiger charge is -2.19. The van der Waals surface area contributed by atoms with Crippen LogP contribution < -0.4 is 10.6 Å². The number of carbonyl (C=O) groups is 4. The Kier molecular flexibility index (Phi) is 12.2. The second-order valence-corrected chi connectivity index (χ2v) is 5.68. The second-order valence-electron chi connectivity index (χ2n) is 5.68. The average Bonchev–Trinajstić information content (AvgIpc) is 2.61. The first-order chi connectivity index (χ1) is 12.3. The molecule has 0 aromatic rings. The lowest BCUT2D eigenvalue weighted by atomic mass is 9.94. The van der Waals surface area contributed by atoms with Crippen LogP contribution in [0, 0.1) is 11.8 Å². The summed E-state index contributed by atoms with van der Waals surface area (Å²) in [5, 5.41) is 5.38. The minimum Gasteiger partial charge on any atom is -0.435 e. The van der Waals surface area contributed by atoms with Gasteiger partial charge in [0, 0.05) is 37.8 Å². The highest BCUT2D eigenvalue weighted by Gasteiger charge is 2.25. The fourth-order valence-electron chi connectivity index (χ4n) is 1.97. The standard InChI is InChI=1S/C18H28N2O6/c1-5-25-15(21)9-7-11-19-17(23)13(3)14(4)18(24)20-12-8-10-16(22)26-6-2/h5-6,13-14H,1-2,7-12H2,3-4H3,(H,19,23)(H,20,24). The van der Waals surface area contributed by atoms with Crippen LogP contribution >= 0.6 is 0 Å². The molecule has 8 heteroatoms. The molecule has 0 fully saturated rings. The minimum atomic E-state index is -0.527. The molecule has 0 saturated carbocycles. The number of amides is 2. The number of ether oxygens (including phenoxy) is 2. The number of nitrogens with one attached hydrogen (secondary N) is 2. The number of carbonyl (C=O) groups excluding carboxylic acids is 4. The molecule has 8 nitrogen and oxygen atoms in total. The molecule has 0 aliphatic heterocycles. The third-order valence-corrected chi connectivity index (χ3v) is 3.72. The summed E-state index contributed by atoms with van der Waals surface area (Å²) in [5.41, 5.74) is 0. The van der Waals surface area contributed by atoms with Gasteiger partial charge in [-0.05, 0) is 12.8 Å². The number of hydrogen-bond acceptors (Lipinski definition) is 6. The second kappa shape index (κ2) is 13.6. The SMILES string of the molecule is C=COC(=O)CCCNC(=O)C(C)C(C)C(=O)NCCCC(=O)OC=C. The predicted octanol–water partition coefficient (Wildman–Crippen LogP) is 1.42. The van der Waals surface area contributed by atoms with Gasteiger partial charge in [0.1, 0.15) is 0 Å². The van der Waals surface area contributed by atoms with Crippen LogP contribution in [0.15, 0.2) is 25.7 Å². The molecule has 0 aromatic heterocycles. The summed E-state index contributed by atoms with van der Waals surface area (Å²) in [6.45, 7) is 10.5. The molecule has 2 atom stereocenters. The summed E-state index contributed by atoms with van der Waals surface area (Å²) >= 11 is 0. The van der Waals surface area contributed by atoms with Crippen LogP contribution in [0.25, 0.3) is 0 Å². The van der Waals surface area contributed by atoms with Crippen LogP contribution in [0.2, 0.25) is 0 Å². The Balaban J connectivity index is 4.04. The quantitative estimate of drug-likeness (QED) is 0.289. The molecule has 0 rings (SSSR count). The van der Waals surface area contributed by atoms with E-state index in [9.17, 15) is 19.2 Å². The highest BCUT2D eigenvalue weighted by atomic mass is 16.5. The Labute approximate surface area is 154 Å². The maximum absolute atomic E-state index is 12.1. The van der Waals surface area contributed by atoms with Gasteiger partial charge < -0.3 is 20.1 Å². The Bertz CT molecular complexity index is 472. The first-order valence-corrected chi connectivity index (χ1v) is 8.49.